The lowest BCUT2D eigenvalue weighted by Crippen LogP contribution is -2.49. The van der Waals surface area contributed by atoms with Crippen LogP contribution in [0, 0.1) is 12.7 Å². The van der Waals surface area contributed by atoms with Gasteiger partial charge in [0.2, 0.25) is 0 Å². The van der Waals surface area contributed by atoms with Crippen LogP contribution in [0.15, 0.2) is 48.7 Å². The number of esters is 1. The highest BCUT2D eigenvalue weighted by atomic mass is 19.1. The maximum atomic E-state index is 13.8. The van der Waals surface area contributed by atoms with E-state index in [9.17, 15) is 14.0 Å². The monoisotopic (exact) mass is 410 g/mol. The summed E-state index contributed by atoms with van der Waals surface area (Å²) in [5.74, 6) is -1.08. The molecule has 0 N–H and O–H groups in total. The average Bonchev–Trinajstić information content (AvgIpc) is 3.20. The molecule has 0 radical (unpaired) electrons. The molecule has 0 saturated carbocycles. The summed E-state index contributed by atoms with van der Waals surface area (Å²) in [6.45, 7) is 4.41. The molecule has 0 aliphatic carbocycles. The highest BCUT2D eigenvalue weighted by Crippen LogP contribution is 2.13. The van der Waals surface area contributed by atoms with Crippen molar-refractivity contribution in [3.63, 3.8) is 0 Å². The molecule has 0 unspecified atom stereocenters. The SMILES string of the molecule is Cc1cccc2nc(C(=O)OCC(=O)N3CCN(Cc4ccccc4F)CC3)cn12. The summed E-state index contributed by atoms with van der Waals surface area (Å²) in [6.07, 6.45) is 1.61. The van der Waals surface area contributed by atoms with Crippen molar-refractivity contribution >= 4 is 17.5 Å². The number of imidazole rings is 1. The van der Waals surface area contributed by atoms with Crippen LogP contribution in [0.25, 0.3) is 5.65 Å². The molecule has 1 saturated heterocycles. The number of nitrogens with zero attached hydrogens (tertiary/aromatic N) is 4. The van der Waals surface area contributed by atoms with Gasteiger partial charge in [-0.25, -0.2) is 14.2 Å². The van der Waals surface area contributed by atoms with E-state index in [0.29, 0.717) is 43.9 Å². The van der Waals surface area contributed by atoms with E-state index in [-0.39, 0.29) is 24.0 Å². The minimum atomic E-state index is -0.621. The van der Waals surface area contributed by atoms with E-state index >= 15 is 0 Å². The zero-order valence-electron chi connectivity index (χ0n) is 16.8. The predicted octanol–water partition coefficient (Wildman–Crippen LogP) is 2.28. The van der Waals surface area contributed by atoms with Crippen molar-refractivity contribution in [1.82, 2.24) is 19.2 Å². The average molecular weight is 410 g/mol. The number of amides is 1. The number of halogens is 1. The lowest BCUT2D eigenvalue weighted by molar-refractivity contribution is -0.136. The van der Waals surface area contributed by atoms with E-state index in [4.69, 9.17) is 4.74 Å². The molecule has 3 aromatic rings. The number of carbonyl (C=O) groups is 2. The summed E-state index contributed by atoms with van der Waals surface area (Å²) in [5.41, 5.74) is 2.42. The molecule has 1 amide bonds. The molecule has 1 aliphatic rings. The van der Waals surface area contributed by atoms with Crippen LogP contribution >= 0.6 is 0 Å². The van der Waals surface area contributed by atoms with Crippen LogP contribution in [0.5, 0.6) is 0 Å². The van der Waals surface area contributed by atoms with E-state index in [1.807, 2.05) is 25.1 Å². The van der Waals surface area contributed by atoms with Gasteiger partial charge in [-0.1, -0.05) is 24.3 Å². The first kappa shape index (κ1) is 20.0. The quantitative estimate of drug-likeness (QED) is 0.604. The number of aromatic nitrogens is 2. The Kier molecular flexibility index (Phi) is 5.76. The summed E-state index contributed by atoms with van der Waals surface area (Å²) >= 11 is 0. The number of rotatable bonds is 5. The summed E-state index contributed by atoms with van der Waals surface area (Å²) in [5, 5.41) is 0. The van der Waals surface area contributed by atoms with Crippen molar-refractivity contribution < 1.29 is 18.7 Å². The molecule has 3 heterocycles. The van der Waals surface area contributed by atoms with E-state index in [1.165, 1.54) is 6.07 Å². The van der Waals surface area contributed by atoms with E-state index in [2.05, 4.69) is 9.88 Å². The number of hydrogen-bond acceptors (Lipinski definition) is 5. The number of ether oxygens (including phenoxy) is 1. The lowest BCUT2D eigenvalue weighted by atomic mass is 10.2. The van der Waals surface area contributed by atoms with Crippen molar-refractivity contribution in [1.29, 1.82) is 0 Å². The van der Waals surface area contributed by atoms with Crippen LogP contribution in [0.3, 0.4) is 0 Å². The van der Waals surface area contributed by atoms with Gasteiger partial charge in [0.15, 0.2) is 12.3 Å². The summed E-state index contributed by atoms with van der Waals surface area (Å²) < 4.78 is 20.8. The smallest absolute Gasteiger partial charge is 0.359 e. The molecule has 0 spiro atoms. The Bertz CT molecular complexity index is 1070. The molecule has 0 atom stereocenters. The molecule has 1 aliphatic heterocycles. The fourth-order valence-electron chi connectivity index (χ4n) is 3.56. The molecule has 30 heavy (non-hydrogen) atoms. The van der Waals surface area contributed by atoms with E-state index in [0.717, 1.165) is 5.69 Å². The normalized spacial score (nSPS) is 14.8. The predicted molar refractivity (Wildman–Crippen MR) is 108 cm³/mol. The van der Waals surface area contributed by atoms with E-state index < -0.39 is 5.97 Å². The second-order valence-electron chi connectivity index (χ2n) is 7.35. The molecular weight excluding hydrogens is 387 g/mol. The standard InChI is InChI=1S/C22H23FN4O3/c1-16-5-4-8-20-24-19(14-27(16)20)22(29)30-15-21(28)26-11-9-25(10-12-26)13-17-6-2-3-7-18(17)23/h2-8,14H,9-13,15H2,1H3. The van der Waals surface area contributed by atoms with Gasteiger partial charge < -0.3 is 14.0 Å². The number of piperazine rings is 1. The zero-order chi connectivity index (χ0) is 21.1. The highest BCUT2D eigenvalue weighted by Gasteiger charge is 2.23. The maximum Gasteiger partial charge on any atom is 0.359 e. The van der Waals surface area contributed by atoms with Gasteiger partial charge in [0.1, 0.15) is 11.5 Å². The Morgan fingerprint density at radius 3 is 2.57 bits per heavy atom. The molecule has 1 aromatic carbocycles. The molecule has 2 aromatic heterocycles. The van der Waals surface area contributed by atoms with Crippen molar-refractivity contribution in [2.75, 3.05) is 32.8 Å². The van der Waals surface area contributed by atoms with Gasteiger partial charge in [-0.2, -0.15) is 0 Å². The topological polar surface area (TPSA) is 67.2 Å². The Balaban J connectivity index is 1.27. The highest BCUT2D eigenvalue weighted by molar-refractivity contribution is 5.90. The number of pyridine rings is 1. The van der Waals surface area contributed by atoms with Crippen LogP contribution in [0.1, 0.15) is 21.7 Å². The molecule has 7 nitrogen and oxygen atoms in total. The molecule has 1 fully saturated rings. The Morgan fingerprint density at radius 1 is 1.07 bits per heavy atom. The van der Waals surface area contributed by atoms with Gasteiger partial charge in [0, 0.05) is 50.2 Å². The summed E-state index contributed by atoms with van der Waals surface area (Å²) in [7, 11) is 0. The zero-order valence-corrected chi connectivity index (χ0v) is 16.8. The summed E-state index contributed by atoms with van der Waals surface area (Å²) in [4.78, 5) is 32.7. The van der Waals surface area contributed by atoms with Gasteiger partial charge in [0.05, 0.1) is 0 Å². The van der Waals surface area contributed by atoms with E-state index in [1.54, 1.807) is 33.7 Å². The second-order valence-corrected chi connectivity index (χ2v) is 7.35. The third-order valence-corrected chi connectivity index (χ3v) is 5.31. The number of aryl methyl sites for hydroxylation is 1. The Morgan fingerprint density at radius 2 is 1.83 bits per heavy atom. The minimum Gasteiger partial charge on any atom is -0.451 e. The molecule has 4 rings (SSSR count). The van der Waals surface area contributed by atoms with Crippen molar-refractivity contribution in [2.45, 2.75) is 13.5 Å². The Hall–Kier alpha value is -3.26. The third kappa shape index (κ3) is 4.33. The van der Waals surface area contributed by atoms with Crippen molar-refractivity contribution in [3.05, 3.63) is 71.4 Å². The molecule has 8 heteroatoms. The maximum absolute atomic E-state index is 13.8. The lowest BCUT2D eigenvalue weighted by Gasteiger charge is -2.34. The molecule has 0 bridgehead atoms. The minimum absolute atomic E-state index is 0.173. The Labute approximate surface area is 173 Å². The first-order valence-corrected chi connectivity index (χ1v) is 9.86. The van der Waals surface area contributed by atoms with Crippen molar-refractivity contribution in [2.24, 2.45) is 0 Å². The van der Waals surface area contributed by atoms with Gasteiger partial charge >= 0.3 is 5.97 Å². The number of carbonyl (C=O) groups excluding carboxylic acids is 2. The van der Waals surface area contributed by atoms with Crippen LogP contribution in [-0.2, 0) is 16.1 Å². The van der Waals surface area contributed by atoms with Crippen molar-refractivity contribution in [3.8, 4) is 0 Å². The fraction of sp³-hybridized carbons (Fsp3) is 0.318. The molecule has 156 valence electrons. The molecular formula is C22H23FN4O3. The second kappa shape index (κ2) is 8.62. The fourth-order valence-corrected chi connectivity index (χ4v) is 3.56. The van der Waals surface area contributed by atoms with Crippen LogP contribution in [0.4, 0.5) is 4.39 Å². The first-order valence-electron chi connectivity index (χ1n) is 9.86. The number of benzene rings is 1. The number of hydrogen-bond donors (Lipinski definition) is 0. The van der Waals surface area contributed by atoms with Crippen LogP contribution in [-0.4, -0.2) is 63.8 Å². The van der Waals surface area contributed by atoms with Gasteiger partial charge in [-0.05, 0) is 25.1 Å². The van der Waals surface area contributed by atoms with Gasteiger partial charge in [-0.15, -0.1) is 0 Å². The number of fused-ring (bicyclic) bond motifs is 1. The first-order chi connectivity index (χ1) is 14.5. The largest absolute Gasteiger partial charge is 0.451 e. The van der Waals surface area contributed by atoms with Crippen LogP contribution < -0.4 is 0 Å². The van der Waals surface area contributed by atoms with Gasteiger partial charge in [0.25, 0.3) is 5.91 Å². The third-order valence-electron chi connectivity index (χ3n) is 5.31. The summed E-state index contributed by atoms with van der Waals surface area (Å²) in [6, 6.07) is 12.3. The van der Waals surface area contributed by atoms with Gasteiger partial charge in [-0.3, -0.25) is 9.69 Å². The van der Waals surface area contributed by atoms with Crippen LogP contribution in [0.2, 0.25) is 0 Å².